The van der Waals surface area contributed by atoms with Gasteiger partial charge in [-0.15, -0.1) is 0 Å². The third-order valence-corrected chi connectivity index (χ3v) is 3.07. The van der Waals surface area contributed by atoms with Gasteiger partial charge >= 0.3 is 5.97 Å². The van der Waals surface area contributed by atoms with Gasteiger partial charge in [0.05, 0.1) is 11.3 Å². The first-order chi connectivity index (χ1) is 9.67. The molecule has 0 unspecified atom stereocenters. The summed E-state index contributed by atoms with van der Waals surface area (Å²) < 4.78 is 5.34. The van der Waals surface area contributed by atoms with Gasteiger partial charge in [0.25, 0.3) is 0 Å². The topological polar surface area (TPSA) is 67.8 Å². The van der Waals surface area contributed by atoms with Crippen LogP contribution < -0.4 is 5.32 Å². The van der Waals surface area contributed by atoms with E-state index in [4.69, 9.17) is 4.74 Å². The predicted molar refractivity (Wildman–Crippen MR) is 81.9 cm³/mol. The second-order valence-electron chi connectivity index (χ2n) is 6.14. The molecular weight excluding hydrogens is 268 g/mol. The van der Waals surface area contributed by atoms with Gasteiger partial charge in [0.15, 0.2) is 0 Å². The van der Waals surface area contributed by atoms with Crippen molar-refractivity contribution in [2.24, 2.45) is 4.99 Å². The number of anilines is 1. The van der Waals surface area contributed by atoms with Crippen molar-refractivity contribution in [1.82, 2.24) is 0 Å². The molecule has 0 radical (unpaired) electrons. The lowest BCUT2D eigenvalue weighted by atomic mass is 10.1. The Labute approximate surface area is 124 Å². The molecule has 1 aromatic carbocycles. The van der Waals surface area contributed by atoms with Crippen LogP contribution in [0.5, 0.6) is 0 Å². The van der Waals surface area contributed by atoms with Crippen LogP contribution in [0.25, 0.3) is 0 Å². The number of esters is 1. The molecule has 1 heterocycles. The number of carbonyl (C=O) groups is 2. The second-order valence-corrected chi connectivity index (χ2v) is 6.14. The van der Waals surface area contributed by atoms with E-state index in [1.165, 1.54) is 0 Å². The highest BCUT2D eigenvalue weighted by atomic mass is 16.6. The van der Waals surface area contributed by atoms with Crippen molar-refractivity contribution in [2.75, 3.05) is 5.32 Å². The number of nitrogens with one attached hydrogen (secondary N) is 1. The second kappa shape index (κ2) is 5.31. The molecule has 1 N–H and O–H groups in total. The van der Waals surface area contributed by atoms with E-state index in [0.717, 1.165) is 11.3 Å². The summed E-state index contributed by atoms with van der Waals surface area (Å²) in [6.07, 6.45) is 0. The van der Waals surface area contributed by atoms with Crippen LogP contribution in [0.15, 0.2) is 23.2 Å². The van der Waals surface area contributed by atoms with Crippen molar-refractivity contribution < 1.29 is 14.3 Å². The molecule has 2 rings (SSSR count). The molecule has 1 aliphatic rings. The van der Waals surface area contributed by atoms with Crippen molar-refractivity contribution in [3.8, 4) is 0 Å². The Bertz CT molecular complexity index is 627. The first kappa shape index (κ1) is 15.2. The van der Waals surface area contributed by atoms with E-state index >= 15 is 0 Å². The molecule has 1 amide bonds. The van der Waals surface area contributed by atoms with Gasteiger partial charge in [-0.1, -0.05) is 6.07 Å². The van der Waals surface area contributed by atoms with E-state index in [1.807, 2.05) is 27.7 Å². The maximum Gasteiger partial charge on any atom is 0.338 e. The quantitative estimate of drug-likeness (QED) is 0.808. The minimum atomic E-state index is -0.557. The van der Waals surface area contributed by atoms with E-state index in [-0.39, 0.29) is 5.91 Å². The number of hydrogen-bond donors (Lipinski definition) is 1. The molecule has 5 nitrogen and oxygen atoms in total. The van der Waals surface area contributed by atoms with Crippen molar-refractivity contribution in [2.45, 2.75) is 46.3 Å². The van der Waals surface area contributed by atoms with Gasteiger partial charge in [-0.05, 0) is 46.8 Å². The lowest BCUT2D eigenvalue weighted by Crippen LogP contribution is -2.24. The first-order valence-electron chi connectivity index (χ1n) is 6.90. The molecule has 0 spiro atoms. The summed E-state index contributed by atoms with van der Waals surface area (Å²) in [5.41, 5.74) is 2.03. The van der Waals surface area contributed by atoms with Crippen LogP contribution in [-0.4, -0.2) is 29.2 Å². The van der Waals surface area contributed by atoms with Crippen molar-refractivity contribution >= 4 is 23.3 Å². The molecule has 5 heteroatoms. The van der Waals surface area contributed by atoms with Gasteiger partial charge in [0.2, 0.25) is 5.91 Å². The van der Waals surface area contributed by atoms with Crippen LogP contribution in [0.2, 0.25) is 0 Å². The molecule has 0 saturated heterocycles. The summed E-state index contributed by atoms with van der Waals surface area (Å²) in [5, 5.41) is 2.80. The Balaban J connectivity index is 2.37. The lowest BCUT2D eigenvalue weighted by Gasteiger charge is -2.20. The number of ether oxygens (including phenoxy) is 1. The molecule has 0 bridgehead atoms. The van der Waals surface area contributed by atoms with Crippen LogP contribution in [-0.2, 0) is 9.53 Å². The number of fused-ring (bicyclic) bond motifs is 1. The zero-order chi connectivity index (χ0) is 15.8. The zero-order valence-corrected chi connectivity index (χ0v) is 13.0. The minimum absolute atomic E-state index is 0.186. The Kier molecular flexibility index (Phi) is 3.85. The molecule has 1 atom stereocenters. The number of benzodiazepines with no additional fused rings is 1. The van der Waals surface area contributed by atoms with Gasteiger partial charge < -0.3 is 10.1 Å². The Hall–Kier alpha value is -2.17. The Morgan fingerprint density at radius 2 is 2.00 bits per heavy atom. The number of carbonyl (C=O) groups excluding carboxylic acids is 2. The van der Waals surface area contributed by atoms with Crippen LogP contribution in [0.1, 0.15) is 50.5 Å². The fourth-order valence-corrected chi connectivity index (χ4v) is 2.08. The SMILES string of the molecule is CC1=N[C@@H](C)C(=O)Nc2cc(C(=O)OC(C)(C)C)ccc21. The van der Waals surface area contributed by atoms with Crippen molar-refractivity contribution in [3.05, 3.63) is 29.3 Å². The maximum absolute atomic E-state index is 12.1. The van der Waals surface area contributed by atoms with E-state index in [1.54, 1.807) is 25.1 Å². The van der Waals surface area contributed by atoms with Gasteiger partial charge in [0.1, 0.15) is 11.6 Å². The first-order valence-corrected chi connectivity index (χ1v) is 6.90. The van der Waals surface area contributed by atoms with E-state index < -0.39 is 17.6 Å². The number of hydrogen-bond acceptors (Lipinski definition) is 4. The molecule has 0 aliphatic carbocycles. The molecule has 0 aromatic heterocycles. The maximum atomic E-state index is 12.1. The number of rotatable bonds is 1. The third kappa shape index (κ3) is 3.48. The van der Waals surface area contributed by atoms with Crippen LogP contribution in [0, 0.1) is 0 Å². The highest BCUT2D eigenvalue weighted by molar-refractivity contribution is 6.11. The Morgan fingerprint density at radius 1 is 1.33 bits per heavy atom. The number of amides is 1. The van der Waals surface area contributed by atoms with Gasteiger partial charge in [0, 0.05) is 11.3 Å². The summed E-state index contributed by atoms with van der Waals surface area (Å²) in [5.74, 6) is -0.596. The van der Waals surface area contributed by atoms with Crippen molar-refractivity contribution in [3.63, 3.8) is 0 Å². The molecular formula is C16H20N2O3. The highest BCUT2D eigenvalue weighted by Gasteiger charge is 2.23. The molecule has 1 aliphatic heterocycles. The minimum Gasteiger partial charge on any atom is -0.456 e. The largest absolute Gasteiger partial charge is 0.456 e. The Morgan fingerprint density at radius 3 is 2.62 bits per heavy atom. The summed E-state index contributed by atoms with van der Waals surface area (Å²) in [7, 11) is 0. The summed E-state index contributed by atoms with van der Waals surface area (Å²) in [6, 6.07) is 4.67. The fourth-order valence-electron chi connectivity index (χ4n) is 2.08. The number of benzene rings is 1. The molecule has 0 fully saturated rings. The van der Waals surface area contributed by atoms with E-state index in [2.05, 4.69) is 10.3 Å². The molecule has 112 valence electrons. The van der Waals surface area contributed by atoms with E-state index in [0.29, 0.717) is 11.3 Å². The van der Waals surface area contributed by atoms with Crippen LogP contribution >= 0.6 is 0 Å². The predicted octanol–water partition coefficient (Wildman–Crippen LogP) is 2.79. The number of aliphatic imine (C=N–C) groups is 1. The van der Waals surface area contributed by atoms with Gasteiger partial charge in [-0.2, -0.15) is 0 Å². The van der Waals surface area contributed by atoms with Gasteiger partial charge in [-0.25, -0.2) is 4.79 Å². The smallest absolute Gasteiger partial charge is 0.338 e. The van der Waals surface area contributed by atoms with Crippen LogP contribution in [0.4, 0.5) is 5.69 Å². The van der Waals surface area contributed by atoms with Crippen LogP contribution in [0.3, 0.4) is 0 Å². The average molecular weight is 288 g/mol. The zero-order valence-electron chi connectivity index (χ0n) is 13.0. The highest BCUT2D eigenvalue weighted by Crippen LogP contribution is 2.23. The fraction of sp³-hybridized carbons (Fsp3) is 0.438. The van der Waals surface area contributed by atoms with E-state index in [9.17, 15) is 9.59 Å². The molecule has 1 aromatic rings. The van der Waals surface area contributed by atoms with Gasteiger partial charge in [-0.3, -0.25) is 9.79 Å². The molecule has 0 saturated carbocycles. The standard InChI is InChI=1S/C16H20N2O3/c1-9-12-7-6-11(15(20)21-16(3,4)5)8-13(12)18-14(19)10(2)17-9/h6-8,10H,1-5H3,(H,18,19)/t10-/m0/s1. The third-order valence-electron chi connectivity index (χ3n) is 3.07. The summed E-state index contributed by atoms with van der Waals surface area (Å²) in [4.78, 5) is 28.3. The number of nitrogens with zero attached hydrogens (tertiary/aromatic N) is 1. The normalized spacial score (nSPS) is 18.2. The van der Waals surface area contributed by atoms with Crippen molar-refractivity contribution in [1.29, 1.82) is 0 Å². The average Bonchev–Trinajstić information content (AvgIpc) is 2.45. The summed E-state index contributed by atoms with van der Waals surface area (Å²) >= 11 is 0. The lowest BCUT2D eigenvalue weighted by molar-refractivity contribution is -0.116. The molecule has 21 heavy (non-hydrogen) atoms. The monoisotopic (exact) mass is 288 g/mol. The summed E-state index contributed by atoms with van der Waals surface area (Å²) in [6.45, 7) is 9.03.